The first-order chi connectivity index (χ1) is 11.3. The van der Waals surface area contributed by atoms with E-state index >= 15 is 0 Å². The van der Waals surface area contributed by atoms with E-state index in [-0.39, 0.29) is 11.9 Å². The minimum absolute atomic E-state index is 0.0340. The van der Waals surface area contributed by atoms with Crippen molar-refractivity contribution in [2.24, 2.45) is 0 Å². The highest BCUT2D eigenvalue weighted by Crippen LogP contribution is 2.35. The van der Waals surface area contributed by atoms with Crippen molar-refractivity contribution in [2.45, 2.75) is 32.2 Å². The number of likely N-dealkylation sites (tertiary alicyclic amines) is 1. The summed E-state index contributed by atoms with van der Waals surface area (Å²) in [5.74, 6) is 0.731. The third-order valence-corrected chi connectivity index (χ3v) is 4.23. The van der Waals surface area contributed by atoms with Crippen molar-refractivity contribution in [1.82, 2.24) is 9.88 Å². The molecule has 2 heterocycles. The maximum absolute atomic E-state index is 12.9. The van der Waals surface area contributed by atoms with Gasteiger partial charge >= 0.3 is 0 Å². The van der Waals surface area contributed by atoms with Crippen LogP contribution in [-0.2, 0) is 0 Å². The summed E-state index contributed by atoms with van der Waals surface area (Å²) >= 11 is 0. The quantitative estimate of drug-likeness (QED) is 0.861. The number of aromatic nitrogens is 1. The fraction of sp³-hybridized carbons (Fsp3) is 0.368. The molecule has 23 heavy (non-hydrogen) atoms. The molecule has 1 fully saturated rings. The molecule has 1 aliphatic heterocycles. The number of hydrogen-bond donors (Lipinski definition) is 0. The maximum atomic E-state index is 12.9. The number of hydrogen-bond acceptors (Lipinski definition) is 3. The monoisotopic (exact) mass is 310 g/mol. The van der Waals surface area contributed by atoms with Gasteiger partial charge < -0.3 is 9.64 Å². The lowest BCUT2D eigenvalue weighted by atomic mass is 9.95. The van der Waals surface area contributed by atoms with Gasteiger partial charge in [0, 0.05) is 23.9 Å². The minimum Gasteiger partial charge on any atom is -0.478 e. The van der Waals surface area contributed by atoms with Crippen LogP contribution < -0.4 is 4.74 Å². The number of carbonyl (C=O) groups excluding carboxylic acids is 1. The third-order valence-electron chi connectivity index (χ3n) is 4.23. The van der Waals surface area contributed by atoms with Crippen LogP contribution in [0.5, 0.6) is 5.88 Å². The molecule has 4 heteroatoms. The number of amides is 1. The molecule has 0 bridgehead atoms. The Morgan fingerprint density at radius 2 is 2.04 bits per heavy atom. The second kappa shape index (κ2) is 7.27. The summed E-state index contributed by atoms with van der Waals surface area (Å²) in [6, 6.07) is 13.5. The number of carbonyl (C=O) groups is 1. The molecule has 0 radical (unpaired) electrons. The van der Waals surface area contributed by atoms with E-state index in [4.69, 9.17) is 4.74 Å². The van der Waals surface area contributed by atoms with E-state index in [1.807, 2.05) is 54.3 Å². The summed E-state index contributed by atoms with van der Waals surface area (Å²) in [6.07, 6.45) is 4.84. The van der Waals surface area contributed by atoms with Crippen molar-refractivity contribution >= 4 is 5.91 Å². The lowest BCUT2D eigenvalue weighted by molar-refractivity contribution is 0.0607. The van der Waals surface area contributed by atoms with Gasteiger partial charge in [-0.3, -0.25) is 4.79 Å². The molecule has 2 aromatic rings. The van der Waals surface area contributed by atoms with E-state index in [0.717, 1.165) is 36.9 Å². The average Bonchev–Trinajstić information content (AvgIpc) is 2.63. The van der Waals surface area contributed by atoms with E-state index < -0.39 is 0 Å². The van der Waals surface area contributed by atoms with Gasteiger partial charge in [0.25, 0.3) is 5.91 Å². The zero-order valence-corrected chi connectivity index (χ0v) is 13.4. The molecule has 1 atom stereocenters. The lowest BCUT2D eigenvalue weighted by Gasteiger charge is -2.36. The van der Waals surface area contributed by atoms with E-state index in [9.17, 15) is 4.79 Å². The van der Waals surface area contributed by atoms with Gasteiger partial charge in [-0.15, -0.1) is 0 Å². The average molecular weight is 310 g/mol. The molecular formula is C19H22N2O2. The van der Waals surface area contributed by atoms with Crippen molar-refractivity contribution in [1.29, 1.82) is 0 Å². The Morgan fingerprint density at radius 3 is 2.83 bits per heavy atom. The van der Waals surface area contributed by atoms with Crippen LogP contribution in [0.2, 0.25) is 0 Å². The van der Waals surface area contributed by atoms with Crippen LogP contribution in [0.4, 0.5) is 0 Å². The normalized spacial score (nSPS) is 17.8. The van der Waals surface area contributed by atoms with Crippen molar-refractivity contribution in [3.05, 3.63) is 59.8 Å². The molecule has 4 nitrogen and oxygen atoms in total. The first kappa shape index (κ1) is 15.5. The van der Waals surface area contributed by atoms with Crippen LogP contribution in [0, 0.1) is 0 Å². The summed E-state index contributed by atoms with van der Waals surface area (Å²) in [4.78, 5) is 19.2. The Morgan fingerprint density at radius 1 is 1.22 bits per heavy atom. The SMILES string of the molecule is CCOc1ncccc1C1CCCCN1C(=O)c1ccccc1. The number of pyridine rings is 1. The molecule has 0 spiro atoms. The largest absolute Gasteiger partial charge is 0.478 e. The fourth-order valence-corrected chi connectivity index (χ4v) is 3.16. The van der Waals surface area contributed by atoms with Crippen molar-refractivity contribution in [2.75, 3.05) is 13.2 Å². The molecule has 0 aliphatic carbocycles. The van der Waals surface area contributed by atoms with Crippen LogP contribution in [0.1, 0.15) is 48.1 Å². The van der Waals surface area contributed by atoms with Gasteiger partial charge in [0.1, 0.15) is 0 Å². The minimum atomic E-state index is 0.0340. The molecule has 1 aromatic carbocycles. The first-order valence-electron chi connectivity index (χ1n) is 8.25. The van der Waals surface area contributed by atoms with Crippen LogP contribution in [-0.4, -0.2) is 28.9 Å². The van der Waals surface area contributed by atoms with Gasteiger partial charge in [0.05, 0.1) is 12.6 Å². The van der Waals surface area contributed by atoms with Gasteiger partial charge in [-0.2, -0.15) is 0 Å². The Labute approximate surface area is 137 Å². The van der Waals surface area contributed by atoms with Crippen molar-refractivity contribution in [3.8, 4) is 5.88 Å². The smallest absolute Gasteiger partial charge is 0.254 e. The third kappa shape index (κ3) is 3.36. The van der Waals surface area contributed by atoms with Crippen LogP contribution in [0.3, 0.4) is 0 Å². The Balaban J connectivity index is 1.92. The predicted octanol–water partition coefficient (Wildman–Crippen LogP) is 3.85. The highest BCUT2D eigenvalue weighted by molar-refractivity contribution is 5.94. The summed E-state index contributed by atoms with van der Waals surface area (Å²) in [7, 11) is 0. The van der Waals surface area contributed by atoms with Crippen LogP contribution >= 0.6 is 0 Å². The number of nitrogens with zero attached hydrogens (tertiary/aromatic N) is 2. The molecule has 1 saturated heterocycles. The van der Waals surface area contributed by atoms with Gasteiger partial charge in [-0.25, -0.2) is 4.98 Å². The second-order valence-corrected chi connectivity index (χ2v) is 5.71. The Kier molecular flexibility index (Phi) is 4.91. The predicted molar refractivity (Wildman–Crippen MR) is 89.5 cm³/mol. The van der Waals surface area contributed by atoms with E-state index in [1.54, 1.807) is 6.20 Å². The number of piperidine rings is 1. The van der Waals surface area contributed by atoms with E-state index in [0.29, 0.717) is 12.5 Å². The zero-order chi connectivity index (χ0) is 16.1. The summed E-state index contributed by atoms with van der Waals surface area (Å²) in [5, 5.41) is 0. The van der Waals surface area contributed by atoms with Crippen LogP contribution in [0.15, 0.2) is 48.7 Å². The molecule has 1 amide bonds. The molecule has 0 saturated carbocycles. The second-order valence-electron chi connectivity index (χ2n) is 5.71. The summed E-state index contributed by atoms with van der Waals surface area (Å²) < 4.78 is 5.67. The van der Waals surface area contributed by atoms with Crippen LogP contribution in [0.25, 0.3) is 0 Å². The van der Waals surface area contributed by atoms with E-state index in [1.165, 1.54) is 0 Å². The molecular weight excluding hydrogens is 288 g/mol. The lowest BCUT2D eigenvalue weighted by Crippen LogP contribution is -2.38. The van der Waals surface area contributed by atoms with Crippen molar-refractivity contribution < 1.29 is 9.53 Å². The standard InChI is InChI=1S/C19H22N2O2/c1-2-23-18-16(11-8-13-20-18)17-12-6-7-14-21(17)19(22)15-9-4-3-5-10-15/h3-5,8-11,13,17H,2,6-7,12,14H2,1H3. The number of benzene rings is 1. The fourth-order valence-electron chi connectivity index (χ4n) is 3.16. The summed E-state index contributed by atoms with van der Waals surface area (Å²) in [5.41, 5.74) is 1.75. The number of rotatable bonds is 4. The van der Waals surface area contributed by atoms with Gasteiger partial charge in [-0.1, -0.05) is 24.3 Å². The topological polar surface area (TPSA) is 42.4 Å². The highest BCUT2D eigenvalue weighted by Gasteiger charge is 2.30. The zero-order valence-electron chi connectivity index (χ0n) is 13.4. The van der Waals surface area contributed by atoms with Gasteiger partial charge in [-0.05, 0) is 44.4 Å². The first-order valence-corrected chi connectivity index (χ1v) is 8.25. The maximum Gasteiger partial charge on any atom is 0.254 e. The molecule has 0 N–H and O–H groups in total. The number of ether oxygens (including phenoxy) is 1. The van der Waals surface area contributed by atoms with E-state index in [2.05, 4.69) is 4.98 Å². The molecule has 3 rings (SSSR count). The van der Waals surface area contributed by atoms with Gasteiger partial charge in [0.2, 0.25) is 5.88 Å². The molecule has 1 aromatic heterocycles. The van der Waals surface area contributed by atoms with Gasteiger partial charge in [0.15, 0.2) is 0 Å². The molecule has 1 unspecified atom stereocenters. The molecule has 1 aliphatic rings. The molecule has 120 valence electrons. The van der Waals surface area contributed by atoms with Crippen molar-refractivity contribution in [3.63, 3.8) is 0 Å². The Bertz CT molecular complexity index is 657. The highest BCUT2D eigenvalue weighted by atomic mass is 16.5. The Hall–Kier alpha value is -2.36. The summed E-state index contributed by atoms with van der Waals surface area (Å²) in [6.45, 7) is 3.30.